The Labute approximate surface area is 187 Å². The minimum atomic E-state index is 0. The summed E-state index contributed by atoms with van der Waals surface area (Å²) in [5.74, 6) is 2.36. The quantitative estimate of drug-likeness (QED) is 0.233. The highest BCUT2D eigenvalue weighted by molar-refractivity contribution is 14.0. The van der Waals surface area contributed by atoms with Crippen molar-refractivity contribution in [1.82, 2.24) is 15.5 Å². The zero-order valence-corrected chi connectivity index (χ0v) is 20.1. The largest absolute Gasteiger partial charge is 0.493 e. The topological polar surface area (TPSA) is 58.1 Å². The molecule has 1 aromatic rings. The molecule has 1 aromatic carbocycles. The summed E-state index contributed by atoms with van der Waals surface area (Å²) in [5, 5.41) is 6.78. The summed E-state index contributed by atoms with van der Waals surface area (Å²) >= 11 is 0. The smallest absolute Gasteiger partial charge is 0.191 e. The molecule has 0 aliphatic carbocycles. The van der Waals surface area contributed by atoms with Crippen LogP contribution in [0, 0.1) is 0 Å². The van der Waals surface area contributed by atoms with E-state index in [0.717, 1.165) is 48.6 Å². The lowest BCUT2D eigenvalue weighted by Crippen LogP contribution is -2.41. The third-order valence-electron chi connectivity index (χ3n) is 5.07. The highest BCUT2D eigenvalue weighted by atomic mass is 127. The number of nitrogens with zero attached hydrogens (tertiary/aromatic N) is 2. The van der Waals surface area contributed by atoms with Gasteiger partial charge in [0.25, 0.3) is 0 Å². The van der Waals surface area contributed by atoms with Gasteiger partial charge >= 0.3 is 0 Å². The number of hydrogen-bond donors (Lipinski definition) is 2. The number of hydrogen-bond acceptors (Lipinski definition) is 4. The maximum Gasteiger partial charge on any atom is 0.191 e. The van der Waals surface area contributed by atoms with E-state index in [4.69, 9.17) is 9.47 Å². The standard InChI is InChI=1S/C21H36N4O2.HI/c1-5-27-20-15-18(10-11-19(20)26-4)16-24-21(22-3)23-12-8-14-25-13-7-6-9-17(25)2;/h10-11,15,17H,5-9,12-14,16H2,1-4H3,(H2,22,23,24);1H. The maximum absolute atomic E-state index is 5.64. The highest BCUT2D eigenvalue weighted by Crippen LogP contribution is 2.27. The van der Waals surface area contributed by atoms with Crippen LogP contribution in [0.4, 0.5) is 0 Å². The summed E-state index contributed by atoms with van der Waals surface area (Å²) in [4.78, 5) is 6.92. The third-order valence-corrected chi connectivity index (χ3v) is 5.07. The van der Waals surface area contributed by atoms with Crippen LogP contribution in [0.2, 0.25) is 0 Å². The Morgan fingerprint density at radius 3 is 2.75 bits per heavy atom. The van der Waals surface area contributed by atoms with Crippen LogP contribution in [-0.4, -0.2) is 57.3 Å². The molecular formula is C21H37IN4O2. The number of halogens is 1. The number of likely N-dealkylation sites (tertiary alicyclic amines) is 1. The van der Waals surface area contributed by atoms with Crippen LogP contribution in [0.5, 0.6) is 11.5 Å². The zero-order chi connectivity index (χ0) is 19.5. The van der Waals surface area contributed by atoms with Crippen molar-refractivity contribution in [3.8, 4) is 11.5 Å². The van der Waals surface area contributed by atoms with Gasteiger partial charge in [0.15, 0.2) is 17.5 Å². The number of benzene rings is 1. The molecule has 1 aliphatic rings. The molecule has 0 aromatic heterocycles. The van der Waals surface area contributed by atoms with E-state index in [2.05, 4.69) is 27.4 Å². The Hall–Kier alpha value is -1.22. The van der Waals surface area contributed by atoms with E-state index >= 15 is 0 Å². The second kappa shape index (κ2) is 13.9. The molecule has 28 heavy (non-hydrogen) atoms. The molecule has 2 rings (SSSR count). The fourth-order valence-electron chi connectivity index (χ4n) is 3.48. The number of nitrogens with one attached hydrogen (secondary N) is 2. The predicted octanol–water partition coefficient (Wildman–Crippen LogP) is 3.64. The molecule has 7 heteroatoms. The Bertz CT molecular complexity index is 598. The number of piperidine rings is 1. The lowest BCUT2D eigenvalue weighted by Gasteiger charge is -2.33. The molecular weight excluding hydrogens is 467 g/mol. The fraction of sp³-hybridized carbons (Fsp3) is 0.667. The summed E-state index contributed by atoms with van der Waals surface area (Å²) in [6, 6.07) is 6.73. The van der Waals surface area contributed by atoms with Crippen molar-refractivity contribution in [1.29, 1.82) is 0 Å². The van der Waals surface area contributed by atoms with Crippen molar-refractivity contribution < 1.29 is 9.47 Å². The monoisotopic (exact) mass is 504 g/mol. The van der Waals surface area contributed by atoms with Gasteiger partial charge in [-0.3, -0.25) is 4.99 Å². The van der Waals surface area contributed by atoms with Crippen LogP contribution in [0.1, 0.15) is 45.1 Å². The molecule has 6 nitrogen and oxygen atoms in total. The molecule has 1 fully saturated rings. The summed E-state index contributed by atoms with van der Waals surface area (Å²) in [5.41, 5.74) is 1.13. The van der Waals surface area contributed by atoms with Crippen molar-refractivity contribution in [2.24, 2.45) is 4.99 Å². The number of ether oxygens (including phenoxy) is 2. The first-order chi connectivity index (χ1) is 13.2. The summed E-state index contributed by atoms with van der Waals surface area (Å²) in [6.45, 7) is 8.95. The van der Waals surface area contributed by atoms with Crippen LogP contribution in [0.15, 0.2) is 23.2 Å². The van der Waals surface area contributed by atoms with Gasteiger partial charge in [-0.05, 0) is 57.4 Å². The SMILES string of the molecule is CCOc1cc(CNC(=NC)NCCCN2CCCCC2C)ccc1OC.I. The Morgan fingerprint density at radius 2 is 2.07 bits per heavy atom. The van der Waals surface area contributed by atoms with E-state index in [0.29, 0.717) is 13.2 Å². The molecule has 0 spiro atoms. The second-order valence-electron chi connectivity index (χ2n) is 7.01. The van der Waals surface area contributed by atoms with Gasteiger partial charge < -0.3 is 25.0 Å². The molecule has 1 heterocycles. The molecule has 0 bridgehead atoms. The van der Waals surface area contributed by atoms with Gasteiger partial charge in [-0.1, -0.05) is 12.5 Å². The van der Waals surface area contributed by atoms with Crippen LogP contribution in [0.3, 0.4) is 0 Å². The van der Waals surface area contributed by atoms with Crippen LogP contribution >= 0.6 is 24.0 Å². The molecule has 0 saturated carbocycles. The molecule has 1 saturated heterocycles. The van der Waals surface area contributed by atoms with Crippen molar-refractivity contribution in [3.63, 3.8) is 0 Å². The summed E-state index contributed by atoms with van der Waals surface area (Å²) in [6.07, 6.45) is 5.18. The minimum absolute atomic E-state index is 0. The number of rotatable bonds is 9. The minimum Gasteiger partial charge on any atom is -0.493 e. The maximum atomic E-state index is 5.64. The summed E-state index contributed by atoms with van der Waals surface area (Å²) < 4.78 is 11.0. The average Bonchev–Trinajstić information content (AvgIpc) is 2.69. The average molecular weight is 504 g/mol. The van der Waals surface area contributed by atoms with E-state index in [1.54, 1.807) is 7.11 Å². The Kier molecular flexibility index (Phi) is 12.3. The van der Waals surface area contributed by atoms with Gasteiger partial charge in [0, 0.05) is 32.7 Å². The van der Waals surface area contributed by atoms with Crippen LogP contribution in [-0.2, 0) is 6.54 Å². The third kappa shape index (κ3) is 8.03. The van der Waals surface area contributed by atoms with Gasteiger partial charge in [-0.15, -0.1) is 24.0 Å². The van der Waals surface area contributed by atoms with E-state index < -0.39 is 0 Å². The van der Waals surface area contributed by atoms with E-state index in [1.165, 1.54) is 25.8 Å². The summed E-state index contributed by atoms with van der Waals surface area (Å²) in [7, 11) is 3.47. The van der Waals surface area contributed by atoms with Gasteiger partial charge in [-0.25, -0.2) is 0 Å². The van der Waals surface area contributed by atoms with E-state index in [9.17, 15) is 0 Å². The number of methoxy groups -OCH3 is 1. The molecule has 0 radical (unpaired) electrons. The van der Waals surface area contributed by atoms with Crippen molar-refractivity contribution in [3.05, 3.63) is 23.8 Å². The van der Waals surface area contributed by atoms with E-state index in [1.807, 2.05) is 32.2 Å². The molecule has 1 unspecified atom stereocenters. The lowest BCUT2D eigenvalue weighted by molar-refractivity contribution is 0.159. The van der Waals surface area contributed by atoms with Crippen LogP contribution in [0.25, 0.3) is 0 Å². The van der Waals surface area contributed by atoms with Crippen LogP contribution < -0.4 is 20.1 Å². The molecule has 1 atom stereocenters. The van der Waals surface area contributed by atoms with Gasteiger partial charge in [0.2, 0.25) is 0 Å². The van der Waals surface area contributed by atoms with Crippen molar-refractivity contribution >= 4 is 29.9 Å². The fourth-order valence-corrected chi connectivity index (χ4v) is 3.48. The first kappa shape index (κ1) is 24.8. The molecule has 0 amide bonds. The predicted molar refractivity (Wildman–Crippen MR) is 127 cm³/mol. The normalized spacial score (nSPS) is 17.6. The molecule has 2 N–H and O–H groups in total. The van der Waals surface area contributed by atoms with Crippen molar-refractivity contribution in [2.45, 2.75) is 52.1 Å². The first-order valence-electron chi connectivity index (χ1n) is 10.2. The van der Waals surface area contributed by atoms with Crippen molar-refractivity contribution in [2.75, 3.05) is 40.4 Å². The lowest BCUT2D eigenvalue weighted by atomic mass is 10.0. The zero-order valence-electron chi connectivity index (χ0n) is 17.8. The highest BCUT2D eigenvalue weighted by Gasteiger charge is 2.17. The number of guanidine groups is 1. The number of aliphatic imine (C=N–C) groups is 1. The first-order valence-corrected chi connectivity index (χ1v) is 10.2. The van der Waals surface area contributed by atoms with Gasteiger partial charge in [-0.2, -0.15) is 0 Å². The molecule has 1 aliphatic heterocycles. The van der Waals surface area contributed by atoms with Gasteiger partial charge in [0.05, 0.1) is 13.7 Å². The Morgan fingerprint density at radius 1 is 1.25 bits per heavy atom. The molecule has 160 valence electrons. The van der Waals surface area contributed by atoms with Gasteiger partial charge in [0.1, 0.15) is 0 Å². The van der Waals surface area contributed by atoms with E-state index in [-0.39, 0.29) is 24.0 Å². The Balaban J connectivity index is 0.00000392. The second-order valence-corrected chi connectivity index (χ2v) is 7.01.